The molecule has 1 fully saturated rings. The lowest BCUT2D eigenvalue weighted by Crippen LogP contribution is -2.41. The second kappa shape index (κ2) is 12.5. The maximum Gasteiger partial charge on any atom is 0.243 e. The van der Waals surface area contributed by atoms with E-state index in [1.165, 1.54) is 11.1 Å². The number of halogens is 1. The molecule has 7 heteroatoms. The molecule has 1 N–H and O–H groups in total. The first-order valence-electron chi connectivity index (χ1n) is 10.5. The van der Waals surface area contributed by atoms with E-state index in [0.717, 1.165) is 44.2 Å². The Labute approximate surface area is 202 Å². The first-order chi connectivity index (χ1) is 14.6. The number of benzene rings is 2. The molecule has 2 aromatic carbocycles. The van der Waals surface area contributed by atoms with Gasteiger partial charge in [0.15, 0.2) is 5.96 Å². The molecule has 1 amide bonds. The van der Waals surface area contributed by atoms with Gasteiger partial charge >= 0.3 is 0 Å². The summed E-state index contributed by atoms with van der Waals surface area (Å²) in [6.45, 7) is 2.76. The summed E-state index contributed by atoms with van der Waals surface area (Å²) in [7, 11) is 5.19. The standard InChI is InChI=1S/C24H32N4O2.HI/c1-27(2)23(29)17-26-24(25-15-13-19-9-11-22(30-3)12-10-19)28-16-14-21(18-28)20-7-5-4-6-8-20;/h4-12,21H,13-18H2,1-3H3,(H,25,26);1H. The van der Waals surface area contributed by atoms with E-state index in [0.29, 0.717) is 5.92 Å². The molecule has 1 heterocycles. The Balaban J connectivity index is 0.00000341. The van der Waals surface area contributed by atoms with Crippen LogP contribution in [-0.2, 0) is 11.2 Å². The van der Waals surface area contributed by atoms with Crippen LogP contribution in [-0.4, -0.2) is 69.1 Å². The number of hydrogen-bond donors (Lipinski definition) is 1. The van der Waals surface area contributed by atoms with E-state index in [2.05, 4.69) is 57.7 Å². The Morgan fingerprint density at radius 1 is 1.16 bits per heavy atom. The van der Waals surface area contributed by atoms with Crippen molar-refractivity contribution < 1.29 is 9.53 Å². The summed E-state index contributed by atoms with van der Waals surface area (Å²) in [6, 6.07) is 18.7. The molecule has 1 aliphatic heterocycles. The summed E-state index contributed by atoms with van der Waals surface area (Å²) < 4.78 is 5.22. The van der Waals surface area contributed by atoms with Gasteiger partial charge in [-0.05, 0) is 36.1 Å². The van der Waals surface area contributed by atoms with Crippen LogP contribution in [0.4, 0.5) is 0 Å². The molecule has 0 aromatic heterocycles. The van der Waals surface area contributed by atoms with Crippen LogP contribution in [0.2, 0.25) is 0 Å². The smallest absolute Gasteiger partial charge is 0.243 e. The van der Waals surface area contributed by atoms with E-state index in [1.807, 2.05) is 12.1 Å². The molecular weight excluding hydrogens is 503 g/mol. The molecule has 0 radical (unpaired) electrons. The van der Waals surface area contributed by atoms with E-state index in [9.17, 15) is 4.79 Å². The van der Waals surface area contributed by atoms with Crippen LogP contribution in [0.25, 0.3) is 0 Å². The number of nitrogens with zero attached hydrogens (tertiary/aromatic N) is 3. The number of ether oxygens (including phenoxy) is 1. The van der Waals surface area contributed by atoms with Crippen LogP contribution in [0.1, 0.15) is 23.5 Å². The third kappa shape index (κ3) is 7.41. The SMILES string of the molecule is COc1ccc(CCNC(=NCC(=O)N(C)C)N2CCC(c3ccccc3)C2)cc1.I. The van der Waals surface area contributed by atoms with E-state index < -0.39 is 0 Å². The fraction of sp³-hybridized carbons (Fsp3) is 0.417. The number of amides is 1. The van der Waals surface area contributed by atoms with Gasteiger partial charge in [-0.1, -0.05) is 42.5 Å². The monoisotopic (exact) mass is 536 g/mol. The summed E-state index contributed by atoms with van der Waals surface area (Å²) in [6.07, 6.45) is 1.96. The van der Waals surface area contributed by atoms with Gasteiger partial charge in [0.2, 0.25) is 5.91 Å². The maximum absolute atomic E-state index is 12.1. The highest BCUT2D eigenvalue weighted by Gasteiger charge is 2.26. The number of nitrogens with one attached hydrogen (secondary N) is 1. The fourth-order valence-corrected chi connectivity index (χ4v) is 3.61. The van der Waals surface area contributed by atoms with E-state index in [-0.39, 0.29) is 36.4 Å². The highest BCUT2D eigenvalue weighted by molar-refractivity contribution is 14.0. The molecule has 2 aromatic rings. The van der Waals surface area contributed by atoms with Crippen LogP contribution >= 0.6 is 24.0 Å². The molecule has 0 aliphatic carbocycles. The first kappa shape index (κ1) is 25.0. The van der Waals surface area contributed by atoms with Crippen molar-refractivity contribution in [3.63, 3.8) is 0 Å². The molecule has 168 valence electrons. The summed E-state index contributed by atoms with van der Waals surface area (Å²) in [5, 5.41) is 3.48. The van der Waals surface area contributed by atoms with Gasteiger partial charge in [0.25, 0.3) is 0 Å². The number of hydrogen-bond acceptors (Lipinski definition) is 3. The average molecular weight is 536 g/mol. The molecule has 0 bridgehead atoms. The number of likely N-dealkylation sites (N-methyl/N-ethyl adjacent to an activating group) is 1. The van der Waals surface area contributed by atoms with Gasteiger partial charge in [-0.3, -0.25) is 4.79 Å². The summed E-state index contributed by atoms with van der Waals surface area (Å²) in [4.78, 5) is 20.5. The largest absolute Gasteiger partial charge is 0.497 e. The summed E-state index contributed by atoms with van der Waals surface area (Å²) in [5.74, 6) is 2.17. The minimum atomic E-state index is 0. The Bertz CT molecular complexity index is 840. The van der Waals surface area contributed by atoms with E-state index in [1.54, 1.807) is 26.1 Å². The van der Waals surface area contributed by atoms with Crippen molar-refractivity contribution in [1.82, 2.24) is 15.1 Å². The van der Waals surface area contributed by atoms with Crippen molar-refractivity contribution in [2.24, 2.45) is 4.99 Å². The number of methoxy groups -OCH3 is 1. The van der Waals surface area contributed by atoms with Gasteiger partial charge in [-0.15, -0.1) is 24.0 Å². The van der Waals surface area contributed by atoms with Crippen LogP contribution < -0.4 is 10.1 Å². The van der Waals surface area contributed by atoms with Crippen molar-refractivity contribution in [1.29, 1.82) is 0 Å². The number of aliphatic imine (C=N–C) groups is 1. The Hall–Kier alpha value is -2.29. The van der Waals surface area contributed by atoms with E-state index in [4.69, 9.17) is 4.74 Å². The second-order valence-corrected chi connectivity index (χ2v) is 7.80. The molecule has 1 unspecified atom stereocenters. The number of carbonyl (C=O) groups is 1. The molecule has 0 saturated carbocycles. The van der Waals surface area contributed by atoms with Crippen molar-refractivity contribution in [3.05, 3.63) is 65.7 Å². The third-order valence-electron chi connectivity index (χ3n) is 5.48. The zero-order valence-corrected chi connectivity index (χ0v) is 20.9. The minimum Gasteiger partial charge on any atom is -0.497 e. The normalized spacial score (nSPS) is 15.9. The minimum absolute atomic E-state index is 0. The number of likely N-dealkylation sites (tertiary alicyclic amines) is 1. The quantitative estimate of drug-likeness (QED) is 0.335. The predicted molar refractivity (Wildman–Crippen MR) is 136 cm³/mol. The predicted octanol–water partition coefficient (Wildman–Crippen LogP) is 3.38. The van der Waals surface area contributed by atoms with Crippen molar-refractivity contribution in [2.75, 3.05) is 47.4 Å². The van der Waals surface area contributed by atoms with Gasteiger partial charge in [-0.25, -0.2) is 4.99 Å². The zero-order chi connectivity index (χ0) is 21.3. The lowest BCUT2D eigenvalue weighted by atomic mass is 9.99. The fourth-order valence-electron chi connectivity index (χ4n) is 3.61. The Morgan fingerprint density at radius 2 is 1.87 bits per heavy atom. The summed E-state index contributed by atoms with van der Waals surface area (Å²) >= 11 is 0. The van der Waals surface area contributed by atoms with Gasteiger partial charge in [0, 0.05) is 39.6 Å². The van der Waals surface area contributed by atoms with Gasteiger partial charge < -0.3 is 19.9 Å². The molecule has 6 nitrogen and oxygen atoms in total. The van der Waals surface area contributed by atoms with Crippen LogP contribution in [0.3, 0.4) is 0 Å². The molecule has 31 heavy (non-hydrogen) atoms. The van der Waals surface area contributed by atoms with Gasteiger partial charge in [-0.2, -0.15) is 0 Å². The van der Waals surface area contributed by atoms with Crippen molar-refractivity contribution >= 4 is 35.8 Å². The molecule has 0 spiro atoms. The van der Waals surface area contributed by atoms with Crippen molar-refractivity contribution in [2.45, 2.75) is 18.8 Å². The van der Waals surface area contributed by atoms with Gasteiger partial charge in [0.05, 0.1) is 7.11 Å². The maximum atomic E-state index is 12.1. The highest BCUT2D eigenvalue weighted by atomic mass is 127. The molecule has 1 aliphatic rings. The van der Waals surface area contributed by atoms with Crippen LogP contribution in [0.5, 0.6) is 5.75 Å². The Morgan fingerprint density at radius 3 is 2.52 bits per heavy atom. The number of rotatable bonds is 7. The molecule has 1 saturated heterocycles. The average Bonchev–Trinajstić information content (AvgIpc) is 3.27. The topological polar surface area (TPSA) is 57.2 Å². The molecular formula is C24H33IN4O2. The van der Waals surface area contributed by atoms with Gasteiger partial charge in [0.1, 0.15) is 12.3 Å². The summed E-state index contributed by atoms with van der Waals surface area (Å²) in [5.41, 5.74) is 2.59. The zero-order valence-electron chi connectivity index (χ0n) is 18.6. The lowest BCUT2D eigenvalue weighted by molar-refractivity contribution is -0.127. The first-order valence-corrected chi connectivity index (χ1v) is 10.5. The highest BCUT2D eigenvalue weighted by Crippen LogP contribution is 2.26. The molecule has 1 atom stereocenters. The Kier molecular flexibility index (Phi) is 10.1. The molecule has 3 rings (SSSR count). The lowest BCUT2D eigenvalue weighted by Gasteiger charge is -2.22. The second-order valence-electron chi connectivity index (χ2n) is 7.80. The third-order valence-corrected chi connectivity index (χ3v) is 5.48. The number of carbonyl (C=O) groups excluding carboxylic acids is 1. The van der Waals surface area contributed by atoms with Crippen LogP contribution in [0, 0.1) is 0 Å². The number of guanidine groups is 1. The van der Waals surface area contributed by atoms with Crippen LogP contribution in [0.15, 0.2) is 59.6 Å². The van der Waals surface area contributed by atoms with E-state index >= 15 is 0 Å². The van der Waals surface area contributed by atoms with Crippen molar-refractivity contribution in [3.8, 4) is 5.75 Å².